The second kappa shape index (κ2) is 25.6. The monoisotopic (exact) mass is 1310 g/mol. The molecule has 0 N–H and O–H groups in total. The SMILES string of the molecule is CCOCCOCCOc1ccccc1[Se+](c1ccccc1)c1ccccc1.FC(F)(F)c1cc([B-](c2cc(C(F)(F)F)cc(C(F)(F)F)c2)(c2cc(C(F)(F)F)cc(C(F)(F)F)c2)c2cc(C(F)(F)F)cc(C(F)(F)F)c2)cc(C(F)(F)F)c1. The fraction of sp³-hybridized carbons (Fsp3) is 0.250. The minimum Gasteiger partial charge on any atom is -0.194 e. The molecule has 85 heavy (non-hydrogen) atoms. The van der Waals surface area contributed by atoms with Crippen LogP contribution in [0.5, 0.6) is 5.75 Å². The van der Waals surface area contributed by atoms with E-state index in [1.165, 1.54) is 13.4 Å². The zero-order valence-electron chi connectivity index (χ0n) is 42.8. The van der Waals surface area contributed by atoms with Gasteiger partial charge in [-0.25, -0.2) is 0 Å². The van der Waals surface area contributed by atoms with Crippen LogP contribution in [0.4, 0.5) is 105 Å². The third kappa shape index (κ3) is 16.8. The average Bonchev–Trinajstić information content (AvgIpc) is 0.751. The van der Waals surface area contributed by atoms with Crippen molar-refractivity contribution in [1.29, 1.82) is 0 Å². The first-order chi connectivity index (χ1) is 39.2. The summed E-state index contributed by atoms with van der Waals surface area (Å²) in [5, 5.41) is 0. The van der Waals surface area contributed by atoms with Gasteiger partial charge in [0.05, 0.1) is 44.5 Å². The molecule has 0 radical (unpaired) electrons. The Bertz CT molecular complexity index is 2890. The van der Waals surface area contributed by atoms with Crippen molar-refractivity contribution in [3.63, 3.8) is 0 Å². The fourth-order valence-corrected chi connectivity index (χ4v) is 13.5. The van der Waals surface area contributed by atoms with Crippen molar-refractivity contribution in [3.8, 4) is 5.75 Å². The number of ether oxygens (including phenoxy) is 3. The summed E-state index contributed by atoms with van der Waals surface area (Å²) in [6, 6.07) is 21.1. The number of alkyl halides is 24. The molecule has 0 saturated carbocycles. The van der Waals surface area contributed by atoms with Crippen LogP contribution in [-0.4, -0.2) is 53.1 Å². The van der Waals surface area contributed by atoms with Crippen molar-refractivity contribution < 1.29 is 120 Å². The summed E-state index contributed by atoms with van der Waals surface area (Å²) in [6.45, 7) is 5.03. The summed E-state index contributed by atoms with van der Waals surface area (Å²) in [5.74, 6) is 0.952. The topological polar surface area (TPSA) is 27.7 Å². The van der Waals surface area contributed by atoms with Crippen LogP contribution in [0.3, 0.4) is 0 Å². The third-order valence-electron chi connectivity index (χ3n) is 12.5. The summed E-state index contributed by atoms with van der Waals surface area (Å²) >= 11 is -1.44. The van der Waals surface area contributed by atoms with E-state index in [2.05, 4.69) is 78.9 Å². The van der Waals surface area contributed by atoms with Gasteiger partial charge in [0.1, 0.15) is 6.15 Å². The molecule has 0 unspecified atom stereocenters. The van der Waals surface area contributed by atoms with Gasteiger partial charge in [0.25, 0.3) is 0 Å². The molecule has 0 aliphatic carbocycles. The van der Waals surface area contributed by atoms with Gasteiger partial charge in [-0.3, -0.25) is 0 Å². The van der Waals surface area contributed by atoms with Crippen LogP contribution in [0.15, 0.2) is 158 Å². The van der Waals surface area contributed by atoms with E-state index in [1.807, 2.05) is 13.0 Å². The molecule has 7 aromatic carbocycles. The molecule has 0 aliphatic rings. The summed E-state index contributed by atoms with van der Waals surface area (Å²) in [5.41, 5.74) is -30.2. The minimum atomic E-state index is -6.13. The Balaban J connectivity index is 0.000000343. The van der Waals surface area contributed by atoms with Crippen LogP contribution >= 0.6 is 0 Å². The van der Waals surface area contributed by atoms with Crippen LogP contribution in [0.2, 0.25) is 0 Å². The number of hydrogen-bond acceptors (Lipinski definition) is 3. The van der Waals surface area contributed by atoms with Gasteiger partial charge in [0.2, 0.25) is 0 Å². The first kappa shape index (κ1) is 67.3. The smallest absolute Gasteiger partial charge is 0.194 e. The predicted molar refractivity (Wildman–Crippen MR) is 267 cm³/mol. The Morgan fingerprint density at radius 2 is 0.553 bits per heavy atom. The number of rotatable bonds is 15. The second-order valence-corrected chi connectivity index (χ2v) is 22.4. The average molecular weight is 1310 g/mol. The standard InChI is InChI=1S/C32H12BF24.C24H27O3Se/c34-25(35,36)13-1-14(26(37,38)39)6-21(5-13)33(22-7-15(27(40,41)42)2-16(8-22)28(43,44)45,23-9-17(29(46,47)48)3-18(10-23)30(49,50)51)24-11-19(31(52,53)54)4-20(12-24)32(55,56)57;1-2-25-17-18-26-19-20-27-23-15-9-10-16-24(23)28(21-11-5-3-6-12-21)22-13-7-4-8-14-22/h1-12H;3-16H,2,17-20H2,1H3/q-1;+1. The molecule has 0 heterocycles. The molecule has 0 fully saturated rings. The van der Waals surface area contributed by atoms with Gasteiger partial charge in [-0.05, 0) is 24.3 Å². The van der Waals surface area contributed by atoms with E-state index in [9.17, 15) is 105 Å². The van der Waals surface area contributed by atoms with Gasteiger partial charge in [-0.1, -0.05) is 48.5 Å². The normalized spacial score (nSPS) is 13.2. The number of benzene rings is 7. The first-order valence-corrected chi connectivity index (χ1v) is 26.8. The molecule has 7 aromatic rings. The Labute approximate surface area is 470 Å². The Hall–Kier alpha value is -6.84. The minimum absolute atomic E-state index is 0.533. The van der Waals surface area contributed by atoms with Crippen molar-refractivity contribution in [2.75, 3.05) is 33.0 Å². The molecular weight excluding hydrogens is 1270 g/mol. The number of halogens is 24. The number of para-hydroxylation sites is 1. The summed E-state index contributed by atoms with van der Waals surface area (Å²) in [6.07, 6.45) is -54.8. The molecule has 29 heteroatoms. The van der Waals surface area contributed by atoms with Crippen LogP contribution in [0, 0.1) is 0 Å². The van der Waals surface area contributed by atoms with Gasteiger partial charge >= 0.3 is 222 Å². The van der Waals surface area contributed by atoms with E-state index < -0.39 is 209 Å². The van der Waals surface area contributed by atoms with Crippen LogP contribution in [0.1, 0.15) is 51.4 Å². The summed E-state index contributed by atoms with van der Waals surface area (Å²) in [7, 11) is 0. The molecule has 7 rings (SSSR count). The molecule has 0 bridgehead atoms. The van der Waals surface area contributed by atoms with E-state index >= 15 is 0 Å². The van der Waals surface area contributed by atoms with Crippen LogP contribution in [-0.2, 0) is 58.9 Å². The van der Waals surface area contributed by atoms with E-state index in [0.717, 1.165) is 12.4 Å². The fourth-order valence-electron chi connectivity index (χ4n) is 8.89. The quantitative estimate of drug-likeness (QED) is 0.0582. The molecule has 3 nitrogen and oxygen atoms in total. The zero-order valence-corrected chi connectivity index (χ0v) is 44.5. The molecule has 0 saturated heterocycles. The molecule has 0 spiro atoms. The maximum atomic E-state index is 14.2. The Kier molecular flexibility index (Phi) is 20.3. The molecule has 458 valence electrons. The van der Waals surface area contributed by atoms with Crippen LogP contribution in [0.25, 0.3) is 0 Å². The van der Waals surface area contributed by atoms with Crippen molar-refractivity contribution in [3.05, 3.63) is 202 Å². The van der Waals surface area contributed by atoms with Crippen molar-refractivity contribution in [2.45, 2.75) is 56.3 Å². The predicted octanol–water partition coefficient (Wildman–Crippen LogP) is 13.8. The Morgan fingerprint density at radius 3 is 0.824 bits per heavy atom. The Morgan fingerprint density at radius 1 is 0.306 bits per heavy atom. The van der Waals surface area contributed by atoms with E-state index in [-0.39, 0.29) is 0 Å². The van der Waals surface area contributed by atoms with E-state index in [4.69, 9.17) is 14.2 Å². The largest absolute Gasteiger partial charge is 0.416 e. The van der Waals surface area contributed by atoms with E-state index in [1.54, 1.807) is 0 Å². The molecule has 0 amide bonds. The van der Waals surface area contributed by atoms with Gasteiger partial charge < -0.3 is 0 Å². The van der Waals surface area contributed by atoms with Gasteiger partial charge in [0.15, 0.2) is 0 Å². The zero-order chi connectivity index (χ0) is 63.4. The first-order valence-electron chi connectivity index (χ1n) is 24.2. The van der Waals surface area contributed by atoms with Crippen LogP contribution < -0.4 is 40.0 Å². The molecule has 0 aliphatic heterocycles. The van der Waals surface area contributed by atoms with Crippen molar-refractivity contribution in [1.82, 2.24) is 0 Å². The maximum Gasteiger partial charge on any atom is 0.416 e. The molecular formula is C56H39BF24O3Se. The van der Waals surface area contributed by atoms with Gasteiger partial charge in [0, 0.05) is 0 Å². The van der Waals surface area contributed by atoms with Crippen molar-refractivity contribution >= 4 is 55.3 Å². The molecule has 0 atom stereocenters. The van der Waals surface area contributed by atoms with Gasteiger partial charge in [-0.2, -0.15) is 127 Å². The van der Waals surface area contributed by atoms with Crippen molar-refractivity contribution in [2.24, 2.45) is 0 Å². The summed E-state index contributed by atoms with van der Waals surface area (Å²) in [4.78, 5) is 0. The molecule has 0 aromatic heterocycles. The van der Waals surface area contributed by atoms with E-state index in [0.29, 0.717) is 26.4 Å². The maximum absolute atomic E-state index is 14.2. The van der Waals surface area contributed by atoms with Gasteiger partial charge in [-0.15, -0.1) is 0 Å². The third-order valence-corrected chi connectivity index (χ3v) is 17.3. The number of hydrogen-bond donors (Lipinski definition) is 0. The summed E-state index contributed by atoms with van der Waals surface area (Å²) < 4.78 is 362. The second-order valence-electron chi connectivity index (χ2n) is 18.3.